The number of nitrogens with zero attached hydrogens (tertiary/aromatic N) is 1. The van der Waals surface area contributed by atoms with Crippen LogP contribution in [0.3, 0.4) is 0 Å². The molecule has 0 aliphatic carbocycles. The van der Waals surface area contributed by atoms with Gasteiger partial charge in [0, 0.05) is 29.7 Å². The van der Waals surface area contributed by atoms with Crippen LogP contribution >= 0.6 is 24.0 Å². The van der Waals surface area contributed by atoms with E-state index in [9.17, 15) is 10.1 Å². The molecule has 0 amide bonds. The van der Waals surface area contributed by atoms with Crippen molar-refractivity contribution in [3.8, 4) is 0 Å². The lowest BCUT2D eigenvalue weighted by molar-refractivity contribution is -0.384. The molecule has 5 nitrogen and oxygen atoms in total. The molecule has 0 spiro atoms. The maximum Gasteiger partial charge on any atom is 0.269 e. The van der Waals surface area contributed by atoms with Gasteiger partial charge in [-0.1, -0.05) is 11.6 Å². The Morgan fingerprint density at radius 2 is 2.13 bits per heavy atom. The molecule has 0 aliphatic rings. The molecule has 4 N–H and O–H groups in total. The SMILES string of the molecule is Cl.NC[C@@H](N)c1cc([N+](=O)[O-])ccc1Cl. The van der Waals surface area contributed by atoms with Crippen LogP contribution in [0, 0.1) is 10.1 Å². The number of benzene rings is 1. The number of rotatable bonds is 3. The van der Waals surface area contributed by atoms with Crippen LogP contribution in [0.15, 0.2) is 18.2 Å². The van der Waals surface area contributed by atoms with Crippen LogP contribution in [-0.2, 0) is 0 Å². The molecule has 0 saturated heterocycles. The van der Waals surface area contributed by atoms with Crippen molar-refractivity contribution in [3.05, 3.63) is 38.9 Å². The highest BCUT2D eigenvalue weighted by atomic mass is 35.5. The molecule has 7 heteroatoms. The second-order valence-electron chi connectivity index (χ2n) is 2.81. The fraction of sp³-hybridized carbons (Fsp3) is 0.250. The quantitative estimate of drug-likeness (QED) is 0.631. The summed E-state index contributed by atoms with van der Waals surface area (Å²) in [5, 5.41) is 10.9. The van der Waals surface area contributed by atoms with Crippen molar-refractivity contribution in [2.24, 2.45) is 11.5 Å². The third kappa shape index (κ3) is 3.32. The van der Waals surface area contributed by atoms with Crippen LogP contribution in [0.25, 0.3) is 0 Å². The van der Waals surface area contributed by atoms with Gasteiger partial charge in [0.25, 0.3) is 5.69 Å². The summed E-state index contributed by atoms with van der Waals surface area (Å²) in [6, 6.07) is 3.65. The largest absolute Gasteiger partial charge is 0.329 e. The fourth-order valence-electron chi connectivity index (χ4n) is 1.06. The van der Waals surface area contributed by atoms with E-state index in [1.807, 2.05) is 0 Å². The summed E-state index contributed by atoms with van der Waals surface area (Å²) in [5.74, 6) is 0. The van der Waals surface area contributed by atoms with Crippen molar-refractivity contribution < 1.29 is 4.92 Å². The Hall–Kier alpha value is -0.880. The third-order valence-corrected chi connectivity index (χ3v) is 2.19. The van der Waals surface area contributed by atoms with Crippen molar-refractivity contribution >= 4 is 29.7 Å². The number of nitro groups is 1. The Morgan fingerprint density at radius 1 is 1.53 bits per heavy atom. The Labute approximate surface area is 98.0 Å². The molecule has 0 unspecified atom stereocenters. The summed E-state index contributed by atoms with van der Waals surface area (Å²) in [6.07, 6.45) is 0. The van der Waals surface area contributed by atoms with E-state index in [1.165, 1.54) is 18.2 Å². The topological polar surface area (TPSA) is 95.2 Å². The normalized spacial score (nSPS) is 11.7. The number of nitrogens with two attached hydrogens (primary N) is 2. The molecule has 1 atom stereocenters. The molecule has 0 fully saturated rings. The number of hydrogen-bond donors (Lipinski definition) is 2. The highest BCUT2D eigenvalue weighted by Gasteiger charge is 2.13. The van der Waals surface area contributed by atoms with Crippen molar-refractivity contribution in [1.29, 1.82) is 0 Å². The van der Waals surface area contributed by atoms with Crippen molar-refractivity contribution in [3.63, 3.8) is 0 Å². The Kier molecular flexibility index (Phi) is 5.53. The lowest BCUT2D eigenvalue weighted by Crippen LogP contribution is -2.21. The van der Waals surface area contributed by atoms with E-state index in [0.29, 0.717) is 10.6 Å². The van der Waals surface area contributed by atoms with Gasteiger partial charge in [-0.15, -0.1) is 12.4 Å². The molecule has 1 rings (SSSR count). The average Bonchev–Trinajstić information content (AvgIpc) is 2.17. The van der Waals surface area contributed by atoms with Crippen molar-refractivity contribution in [1.82, 2.24) is 0 Å². The van der Waals surface area contributed by atoms with E-state index in [1.54, 1.807) is 0 Å². The second-order valence-corrected chi connectivity index (χ2v) is 3.21. The van der Waals surface area contributed by atoms with Gasteiger partial charge in [0.1, 0.15) is 0 Å². The number of hydrogen-bond acceptors (Lipinski definition) is 4. The van der Waals surface area contributed by atoms with Gasteiger partial charge in [0.05, 0.1) is 4.92 Å². The summed E-state index contributed by atoms with van der Waals surface area (Å²) in [4.78, 5) is 9.97. The van der Waals surface area contributed by atoms with Crippen LogP contribution < -0.4 is 11.5 Å². The Morgan fingerprint density at radius 3 is 2.60 bits per heavy atom. The third-order valence-electron chi connectivity index (χ3n) is 1.84. The first-order chi connectivity index (χ1) is 6.56. The van der Waals surface area contributed by atoms with E-state index in [-0.39, 0.29) is 24.6 Å². The molecular formula is C8H11Cl2N3O2. The minimum atomic E-state index is -0.497. The average molecular weight is 252 g/mol. The Balaban J connectivity index is 0.00000196. The maximum absolute atomic E-state index is 10.5. The van der Waals surface area contributed by atoms with E-state index < -0.39 is 11.0 Å². The zero-order valence-electron chi connectivity index (χ0n) is 7.72. The minimum absolute atomic E-state index is 0. The first kappa shape index (κ1) is 14.1. The van der Waals surface area contributed by atoms with Crippen LogP contribution in [0.5, 0.6) is 0 Å². The van der Waals surface area contributed by atoms with Gasteiger partial charge in [-0.2, -0.15) is 0 Å². The molecule has 0 aliphatic heterocycles. The minimum Gasteiger partial charge on any atom is -0.329 e. The first-order valence-electron chi connectivity index (χ1n) is 3.95. The van der Waals surface area contributed by atoms with Crippen molar-refractivity contribution in [2.75, 3.05) is 6.54 Å². The summed E-state index contributed by atoms with van der Waals surface area (Å²) < 4.78 is 0. The van der Waals surface area contributed by atoms with Crippen LogP contribution in [0.4, 0.5) is 5.69 Å². The molecule has 15 heavy (non-hydrogen) atoms. The summed E-state index contributed by atoms with van der Waals surface area (Å²) in [7, 11) is 0. The van der Waals surface area contributed by atoms with Crippen LogP contribution in [0.1, 0.15) is 11.6 Å². The molecule has 0 aromatic heterocycles. The predicted molar refractivity (Wildman–Crippen MR) is 61.3 cm³/mol. The summed E-state index contributed by atoms with van der Waals surface area (Å²) in [6.45, 7) is 0.195. The maximum atomic E-state index is 10.5. The molecule has 0 heterocycles. The molecule has 1 aromatic rings. The summed E-state index contributed by atoms with van der Waals surface area (Å²) in [5.41, 5.74) is 11.4. The van der Waals surface area contributed by atoms with E-state index >= 15 is 0 Å². The zero-order valence-corrected chi connectivity index (χ0v) is 9.29. The van der Waals surface area contributed by atoms with Gasteiger partial charge in [-0.05, 0) is 11.6 Å². The molecule has 84 valence electrons. The number of non-ortho nitro benzene ring substituents is 1. The molecular weight excluding hydrogens is 241 g/mol. The van der Waals surface area contributed by atoms with Crippen LogP contribution in [0.2, 0.25) is 5.02 Å². The summed E-state index contributed by atoms with van der Waals surface area (Å²) >= 11 is 5.82. The van der Waals surface area contributed by atoms with E-state index in [4.69, 9.17) is 23.1 Å². The molecule has 0 bridgehead atoms. The molecule has 0 saturated carbocycles. The number of halogens is 2. The zero-order chi connectivity index (χ0) is 10.7. The van der Waals surface area contributed by atoms with Crippen molar-refractivity contribution in [2.45, 2.75) is 6.04 Å². The molecule has 1 aromatic carbocycles. The van der Waals surface area contributed by atoms with Gasteiger partial charge < -0.3 is 11.5 Å². The van der Waals surface area contributed by atoms with E-state index in [2.05, 4.69) is 0 Å². The second kappa shape index (κ2) is 5.87. The lowest BCUT2D eigenvalue weighted by Gasteiger charge is -2.10. The number of nitro benzene ring substituents is 1. The van der Waals surface area contributed by atoms with Gasteiger partial charge >= 0.3 is 0 Å². The molecule has 0 radical (unpaired) electrons. The van der Waals surface area contributed by atoms with Gasteiger partial charge in [-0.3, -0.25) is 10.1 Å². The van der Waals surface area contributed by atoms with Crippen LogP contribution in [-0.4, -0.2) is 11.5 Å². The highest BCUT2D eigenvalue weighted by molar-refractivity contribution is 6.31. The Bertz CT molecular complexity index is 360. The standard InChI is InChI=1S/C8H10ClN3O2.ClH/c9-7-2-1-5(12(13)14)3-6(7)8(11)4-10;/h1-3,8H,4,10-11H2;1H/t8-;/m1./s1. The van der Waals surface area contributed by atoms with Gasteiger partial charge in [-0.25, -0.2) is 0 Å². The lowest BCUT2D eigenvalue weighted by atomic mass is 10.1. The smallest absolute Gasteiger partial charge is 0.269 e. The van der Waals surface area contributed by atoms with Gasteiger partial charge in [0.15, 0.2) is 0 Å². The monoisotopic (exact) mass is 251 g/mol. The van der Waals surface area contributed by atoms with E-state index in [0.717, 1.165) is 0 Å². The fourth-order valence-corrected chi connectivity index (χ4v) is 1.31. The first-order valence-corrected chi connectivity index (χ1v) is 4.33. The van der Waals surface area contributed by atoms with Gasteiger partial charge in [0.2, 0.25) is 0 Å². The predicted octanol–water partition coefficient (Wildman–Crippen LogP) is 1.63. The highest BCUT2D eigenvalue weighted by Crippen LogP contribution is 2.25.